The third-order valence-corrected chi connectivity index (χ3v) is 3.77. The summed E-state index contributed by atoms with van der Waals surface area (Å²) >= 11 is 0. The van der Waals surface area contributed by atoms with Crippen molar-refractivity contribution in [1.29, 1.82) is 0 Å². The quantitative estimate of drug-likeness (QED) is 0.825. The Morgan fingerprint density at radius 1 is 1.10 bits per heavy atom. The SMILES string of the molecule is O=C(NC1CCCCCC1O)c1ccc(C(F)(F)F)cc1. The van der Waals surface area contributed by atoms with Gasteiger partial charge in [0.1, 0.15) is 0 Å². The Labute approximate surface area is 121 Å². The average molecular weight is 301 g/mol. The van der Waals surface area contributed by atoms with Crippen LogP contribution in [0.1, 0.15) is 48.0 Å². The second-order valence-electron chi connectivity index (χ2n) is 5.36. The number of carbonyl (C=O) groups excluding carboxylic acids is 1. The second-order valence-corrected chi connectivity index (χ2v) is 5.36. The molecular formula is C15H18F3NO2. The van der Waals surface area contributed by atoms with Crippen molar-refractivity contribution in [3.63, 3.8) is 0 Å². The highest BCUT2D eigenvalue weighted by Gasteiger charge is 2.30. The van der Waals surface area contributed by atoms with Gasteiger partial charge >= 0.3 is 6.18 Å². The van der Waals surface area contributed by atoms with Crippen molar-refractivity contribution >= 4 is 5.91 Å². The molecule has 3 nitrogen and oxygen atoms in total. The maximum Gasteiger partial charge on any atom is 0.416 e. The average Bonchev–Trinajstić information content (AvgIpc) is 2.63. The Kier molecular flexibility index (Phi) is 4.88. The largest absolute Gasteiger partial charge is 0.416 e. The van der Waals surface area contributed by atoms with Gasteiger partial charge in [0.05, 0.1) is 17.7 Å². The third-order valence-electron chi connectivity index (χ3n) is 3.77. The Morgan fingerprint density at radius 3 is 2.33 bits per heavy atom. The number of benzene rings is 1. The molecule has 0 spiro atoms. The molecule has 2 unspecified atom stereocenters. The van der Waals surface area contributed by atoms with Crippen LogP contribution in [0, 0.1) is 0 Å². The van der Waals surface area contributed by atoms with Crippen LogP contribution in [0.15, 0.2) is 24.3 Å². The first-order chi connectivity index (χ1) is 9.88. The number of aliphatic hydroxyl groups is 1. The number of hydrogen-bond acceptors (Lipinski definition) is 2. The summed E-state index contributed by atoms with van der Waals surface area (Å²) in [4.78, 5) is 12.0. The smallest absolute Gasteiger partial charge is 0.391 e. The van der Waals surface area contributed by atoms with Gasteiger partial charge in [0, 0.05) is 5.56 Å². The number of nitrogens with one attached hydrogen (secondary N) is 1. The number of hydrogen-bond donors (Lipinski definition) is 2. The summed E-state index contributed by atoms with van der Waals surface area (Å²) in [5.41, 5.74) is -0.618. The Hall–Kier alpha value is -1.56. The highest BCUT2D eigenvalue weighted by molar-refractivity contribution is 5.94. The van der Waals surface area contributed by atoms with E-state index in [9.17, 15) is 23.1 Å². The maximum atomic E-state index is 12.5. The summed E-state index contributed by atoms with van der Waals surface area (Å²) in [5, 5.41) is 12.6. The Balaban J connectivity index is 2.02. The maximum absolute atomic E-state index is 12.5. The lowest BCUT2D eigenvalue weighted by atomic mass is 10.0. The first kappa shape index (κ1) is 15.8. The van der Waals surface area contributed by atoms with Gasteiger partial charge in [-0.15, -0.1) is 0 Å². The fourth-order valence-corrected chi connectivity index (χ4v) is 2.52. The van der Waals surface area contributed by atoms with Crippen molar-refractivity contribution in [1.82, 2.24) is 5.32 Å². The van der Waals surface area contributed by atoms with E-state index in [0.717, 1.165) is 43.5 Å². The number of alkyl halides is 3. The van der Waals surface area contributed by atoms with Crippen LogP contribution in [0.5, 0.6) is 0 Å². The normalized spacial score (nSPS) is 23.4. The van der Waals surface area contributed by atoms with Crippen LogP contribution in [-0.4, -0.2) is 23.2 Å². The minimum absolute atomic E-state index is 0.166. The highest BCUT2D eigenvalue weighted by atomic mass is 19.4. The molecule has 1 aromatic carbocycles. The molecule has 0 aliphatic heterocycles. The van der Waals surface area contributed by atoms with Crippen molar-refractivity contribution in [3.8, 4) is 0 Å². The molecule has 0 aromatic heterocycles. The summed E-state index contributed by atoms with van der Waals surface area (Å²) in [6.07, 6.45) is -0.809. The predicted octanol–water partition coefficient (Wildman–Crippen LogP) is 3.13. The zero-order chi connectivity index (χ0) is 15.5. The molecule has 116 valence electrons. The minimum Gasteiger partial charge on any atom is -0.391 e. The summed E-state index contributed by atoms with van der Waals surface area (Å²) in [7, 11) is 0. The lowest BCUT2D eigenvalue weighted by Crippen LogP contribution is -2.42. The fraction of sp³-hybridized carbons (Fsp3) is 0.533. The number of halogens is 3. The van der Waals surface area contributed by atoms with Gasteiger partial charge in [0.25, 0.3) is 5.91 Å². The molecule has 21 heavy (non-hydrogen) atoms. The lowest BCUT2D eigenvalue weighted by molar-refractivity contribution is -0.137. The molecule has 2 atom stereocenters. The van der Waals surface area contributed by atoms with E-state index < -0.39 is 23.8 Å². The fourth-order valence-electron chi connectivity index (χ4n) is 2.52. The van der Waals surface area contributed by atoms with Crippen molar-refractivity contribution in [2.24, 2.45) is 0 Å². The van der Waals surface area contributed by atoms with E-state index in [2.05, 4.69) is 5.32 Å². The number of aliphatic hydroxyl groups excluding tert-OH is 1. The van der Waals surface area contributed by atoms with Gasteiger partial charge in [-0.25, -0.2) is 0 Å². The molecule has 0 heterocycles. The molecule has 1 amide bonds. The molecule has 2 N–H and O–H groups in total. The van der Waals surface area contributed by atoms with Gasteiger partial charge in [0.2, 0.25) is 0 Å². The standard InChI is InChI=1S/C15H18F3NO2/c16-15(17,18)11-8-6-10(7-9-11)14(21)19-12-4-2-1-3-5-13(12)20/h6-9,12-13,20H,1-5H2,(H,19,21). The summed E-state index contributed by atoms with van der Waals surface area (Å²) in [6, 6.07) is 3.75. The van der Waals surface area contributed by atoms with Gasteiger partial charge in [-0.1, -0.05) is 19.3 Å². The van der Waals surface area contributed by atoms with Crippen LogP contribution in [0.3, 0.4) is 0 Å². The van der Waals surface area contributed by atoms with Gasteiger partial charge in [-0.2, -0.15) is 13.2 Å². The van der Waals surface area contributed by atoms with Crippen LogP contribution in [0.2, 0.25) is 0 Å². The van der Waals surface area contributed by atoms with Gasteiger partial charge in [0.15, 0.2) is 0 Å². The predicted molar refractivity (Wildman–Crippen MR) is 71.8 cm³/mol. The van der Waals surface area contributed by atoms with Crippen molar-refractivity contribution in [2.75, 3.05) is 0 Å². The lowest BCUT2D eigenvalue weighted by Gasteiger charge is -2.21. The Bertz CT molecular complexity index is 485. The second kappa shape index (κ2) is 6.47. The zero-order valence-corrected chi connectivity index (χ0v) is 11.5. The Morgan fingerprint density at radius 2 is 1.71 bits per heavy atom. The topological polar surface area (TPSA) is 49.3 Å². The molecule has 1 saturated carbocycles. The van der Waals surface area contributed by atoms with E-state index in [1.807, 2.05) is 0 Å². The van der Waals surface area contributed by atoms with Crippen molar-refractivity contribution in [2.45, 2.75) is 50.4 Å². The van der Waals surface area contributed by atoms with Crippen molar-refractivity contribution in [3.05, 3.63) is 35.4 Å². The van der Waals surface area contributed by atoms with Crippen LogP contribution in [0.25, 0.3) is 0 Å². The molecule has 0 bridgehead atoms. The van der Waals surface area contributed by atoms with Gasteiger partial charge < -0.3 is 10.4 Å². The summed E-state index contributed by atoms with van der Waals surface area (Å²) in [5.74, 6) is -0.449. The van der Waals surface area contributed by atoms with E-state index >= 15 is 0 Å². The molecule has 1 aromatic rings. The third kappa shape index (κ3) is 4.20. The number of rotatable bonds is 2. The van der Waals surface area contributed by atoms with E-state index in [1.165, 1.54) is 0 Å². The van der Waals surface area contributed by atoms with Crippen LogP contribution in [0.4, 0.5) is 13.2 Å². The summed E-state index contributed by atoms with van der Waals surface area (Å²) < 4.78 is 37.4. The molecular weight excluding hydrogens is 283 g/mol. The minimum atomic E-state index is -4.41. The number of carbonyl (C=O) groups is 1. The molecule has 1 fully saturated rings. The van der Waals surface area contributed by atoms with Crippen LogP contribution < -0.4 is 5.32 Å². The van der Waals surface area contributed by atoms with E-state index in [4.69, 9.17) is 0 Å². The van der Waals surface area contributed by atoms with Crippen LogP contribution >= 0.6 is 0 Å². The zero-order valence-electron chi connectivity index (χ0n) is 11.5. The molecule has 0 radical (unpaired) electrons. The van der Waals surface area contributed by atoms with Gasteiger partial charge in [-0.05, 0) is 37.1 Å². The molecule has 6 heteroatoms. The molecule has 1 aliphatic carbocycles. The molecule has 1 aliphatic rings. The van der Waals surface area contributed by atoms with E-state index in [0.29, 0.717) is 12.8 Å². The van der Waals surface area contributed by atoms with Crippen LogP contribution in [-0.2, 0) is 6.18 Å². The monoisotopic (exact) mass is 301 g/mol. The highest BCUT2D eigenvalue weighted by Crippen LogP contribution is 2.29. The van der Waals surface area contributed by atoms with E-state index in [1.54, 1.807) is 0 Å². The first-order valence-corrected chi connectivity index (χ1v) is 7.04. The van der Waals surface area contributed by atoms with Crippen molar-refractivity contribution < 1.29 is 23.1 Å². The number of amides is 1. The van der Waals surface area contributed by atoms with E-state index in [-0.39, 0.29) is 11.6 Å². The summed E-state index contributed by atoms with van der Waals surface area (Å²) in [6.45, 7) is 0. The molecule has 2 rings (SSSR count). The first-order valence-electron chi connectivity index (χ1n) is 7.04. The van der Waals surface area contributed by atoms with Gasteiger partial charge in [-0.3, -0.25) is 4.79 Å². The molecule has 0 saturated heterocycles.